The Hall–Kier alpha value is -1.42. The highest BCUT2D eigenvalue weighted by atomic mass is 32.2. The summed E-state index contributed by atoms with van der Waals surface area (Å²) in [5.41, 5.74) is 0.125. The zero-order valence-corrected chi connectivity index (χ0v) is 18.9. The van der Waals surface area contributed by atoms with Gasteiger partial charge < -0.3 is 4.57 Å². The molecule has 0 aliphatic heterocycles. The van der Waals surface area contributed by atoms with Gasteiger partial charge in [-0.2, -0.15) is 8.42 Å². The van der Waals surface area contributed by atoms with Crippen molar-refractivity contribution in [3.63, 3.8) is 0 Å². The standard InChI is InChI=1S/C23H29O4PS/c1-23(2)17-14-21(23)20(22(15-17)27-29(3,25)26)16-28(24,18-10-6-4-7-11-18)19-12-8-5-9-13-19/h4-13,17,20-22H,14-16H2,1-3H3/t17?,20-,21?,22+/m0/s1. The van der Waals surface area contributed by atoms with Crippen molar-refractivity contribution in [1.82, 2.24) is 0 Å². The Labute approximate surface area is 174 Å². The lowest BCUT2D eigenvalue weighted by molar-refractivity contribution is -0.144. The zero-order chi connectivity index (χ0) is 20.9. The normalized spacial score (nSPS) is 28.5. The number of fused-ring (bicyclic) bond motifs is 2. The third-order valence-corrected chi connectivity index (χ3v) is 11.0. The van der Waals surface area contributed by atoms with Crippen LogP contribution < -0.4 is 10.6 Å². The smallest absolute Gasteiger partial charge is 0.264 e. The van der Waals surface area contributed by atoms with Crippen molar-refractivity contribution < 1.29 is 17.2 Å². The average Bonchev–Trinajstić information content (AvgIpc) is 2.69. The zero-order valence-electron chi connectivity index (χ0n) is 17.2. The number of benzene rings is 2. The van der Waals surface area contributed by atoms with Crippen LogP contribution in [0.2, 0.25) is 0 Å². The average molecular weight is 433 g/mol. The van der Waals surface area contributed by atoms with Gasteiger partial charge in [0.1, 0.15) is 7.14 Å². The maximum atomic E-state index is 14.6. The van der Waals surface area contributed by atoms with Crippen LogP contribution in [0.3, 0.4) is 0 Å². The fourth-order valence-corrected chi connectivity index (χ4v) is 9.25. The second-order valence-electron chi connectivity index (χ2n) is 9.19. The monoisotopic (exact) mass is 432 g/mol. The van der Waals surface area contributed by atoms with Gasteiger partial charge in [-0.3, -0.25) is 4.18 Å². The van der Waals surface area contributed by atoms with Gasteiger partial charge in [0.15, 0.2) is 0 Å². The van der Waals surface area contributed by atoms with E-state index < -0.39 is 23.4 Å². The molecule has 6 heteroatoms. The van der Waals surface area contributed by atoms with Crippen molar-refractivity contribution in [1.29, 1.82) is 0 Å². The molecule has 5 rings (SSSR count). The van der Waals surface area contributed by atoms with Gasteiger partial charge in [0.05, 0.1) is 12.4 Å². The van der Waals surface area contributed by atoms with Crippen molar-refractivity contribution in [3.8, 4) is 0 Å². The fraction of sp³-hybridized carbons (Fsp3) is 0.478. The van der Waals surface area contributed by atoms with Crippen LogP contribution >= 0.6 is 7.14 Å². The molecule has 0 N–H and O–H groups in total. The van der Waals surface area contributed by atoms with E-state index in [1.807, 2.05) is 60.7 Å². The van der Waals surface area contributed by atoms with E-state index in [4.69, 9.17) is 4.18 Å². The molecule has 0 saturated heterocycles. The van der Waals surface area contributed by atoms with E-state index in [0.29, 0.717) is 24.4 Å². The van der Waals surface area contributed by atoms with Gasteiger partial charge in [-0.25, -0.2) is 0 Å². The first-order chi connectivity index (χ1) is 13.6. The molecule has 3 aliphatic carbocycles. The molecule has 2 unspecified atom stereocenters. The van der Waals surface area contributed by atoms with Crippen LogP contribution in [-0.2, 0) is 18.9 Å². The van der Waals surface area contributed by atoms with Gasteiger partial charge in [0.2, 0.25) is 0 Å². The maximum Gasteiger partial charge on any atom is 0.264 e. The van der Waals surface area contributed by atoms with Crippen molar-refractivity contribution >= 4 is 27.9 Å². The van der Waals surface area contributed by atoms with Crippen LogP contribution in [0.5, 0.6) is 0 Å². The van der Waals surface area contributed by atoms with E-state index >= 15 is 0 Å². The Morgan fingerprint density at radius 3 is 1.93 bits per heavy atom. The third kappa shape index (κ3) is 3.85. The van der Waals surface area contributed by atoms with E-state index in [1.165, 1.54) is 0 Å². The topological polar surface area (TPSA) is 60.4 Å². The summed E-state index contributed by atoms with van der Waals surface area (Å²) >= 11 is 0. The van der Waals surface area contributed by atoms with Gasteiger partial charge in [0.25, 0.3) is 10.1 Å². The summed E-state index contributed by atoms with van der Waals surface area (Å²) in [5.74, 6) is 0.716. The SMILES string of the molecule is CC1(C)C2CC1[C@H](CP(=O)(c1ccccc1)c1ccccc1)[C@H](OS(C)(=O)=O)C2. The van der Waals surface area contributed by atoms with Crippen LogP contribution in [0.1, 0.15) is 26.7 Å². The van der Waals surface area contributed by atoms with Crippen LogP contribution in [0.15, 0.2) is 60.7 Å². The molecule has 0 spiro atoms. The number of rotatable bonds is 6. The third-order valence-electron chi connectivity index (χ3n) is 7.17. The first-order valence-electron chi connectivity index (χ1n) is 10.2. The van der Waals surface area contributed by atoms with Crippen molar-refractivity contribution in [2.24, 2.45) is 23.2 Å². The summed E-state index contributed by atoms with van der Waals surface area (Å²) in [6.07, 6.45) is 2.92. The largest absolute Gasteiger partial charge is 0.314 e. The molecular weight excluding hydrogens is 403 g/mol. The van der Waals surface area contributed by atoms with Crippen LogP contribution in [0, 0.1) is 23.2 Å². The summed E-state index contributed by atoms with van der Waals surface area (Å²) in [5, 5.41) is 1.65. The van der Waals surface area contributed by atoms with Gasteiger partial charge in [-0.1, -0.05) is 74.5 Å². The highest BCUT2D eigenvalue weighted by Crippen LogP contribution is 2.64. The molecule has 29 heavy (non-hydrogen) atoms. The molecule has 3 fully saturated rings. The highest BCUT2D eigenvalue weighted by Gasteiger charge is 2.59. The molecule has 0 heterocycles. The molecule has 2 aromatic rings. The molecule has 2 aromatic carbocycles. The molecule has 0 amide bonds. The lowest BCUT2D eigenvalue weighted by Gasteiger charge is -2.62. The first kappa shape index (κ1) is 20.8. The fourth-order valence-electron chi connectivity index (χ4n) is 5.47. The quantitative estimate of drug-likeness (QED) is 0.511. The van der Waals surface area contributed by atoms with Crippen molar-refractivity contribution in [2.45, 2.75) is 32.8 Å². The van der Waals surface area contributed by atoms with Gasteiger partial charge in [-0.05, 0) is 36.0 Å². The van der Waals surface area contributed by atoms with E-state index in [1.54, 1.807) is 0 Å². The molecule has 3 saturated carbocycles. The molecule has 3 aliphatic rings. The molecule has 4 nitrogen and oxygen atoms in total. The summed E-state index contributed by atoms with van der Waals surface area (Å²) < 4.78 is 44.0. The Morgan fingerprint density at radius 2 is 1.48 bits per heavy atom. The van der Waals surface area contributed by atoms with Gasteiger partial charge in [-0.15, -0.1) is 0 Å². The van der Waals surface area contributed by atoms with Crippen LogP contribution in [0.4, 0.5) is 0 Å². The molecule has 2 bridgehead atoms. The number of hydrogen-bond donors (Lipinski definition) is 0. The molecule has 0 radical (unpaired) electrons. The Balaban J connectivity index is 1.76. The maximum absolute atomic E-state index is 14.6. The molecule has 0 aromatic heterocycles. The lowest BCUT2D eigenvalue weighted by atomic mass is 9.45. The minimum absolute atomic E-state index is 0.0593. The Morgan fingerprint density at radius 1 is 0.966 bits per heavy atom. The van der Waals surface area contributed by atoms with E-state index in [2.05, 4.69) is 13.8 Å². The van der Waals surface area contributed by atoms with Crippen molar-refractivity contribution in [3.05, 3.63) is 60.7 Å². The van der Waals surface area contributed by atoms with E-state index in [9.17, 15) is 13.0 Å². The number of hydrogen-bond acceptors (Lipinski definition) is 4. The predicted molar refractivity (Wildman–Crippen MR) is 118 cm³/mol. The Kier molecular flexibility index (Phi) is 5.30. The highest BCUT2D eigenvalue weighted by molar-refractivity contribution is 7.86. The summed E-state index contributed by atoms with van der Waals surface area (Å²) in [6, 6.07) is 19.2. The van der Waals surface area contributed by atoms with Crippen molar-refractivity contribution in [2.75, 3.05) is 12.4 Å². The van der Waals surface area contributed by atoms with Gasteiger partial charge >= 0.3 is 0 Å². The lowest BCUT2D eigenvalue weighted by Crippen LogP contribution is -2.59. The predicted octanol–water partition coefficient (Wildman–Crippen LogP) is 4.03. The second kappa shape index (κ2) is 7.37. The summed E-state index contributed by atoms with van der Waals surface area (Å²) in [4.78, 5) is 0. The molecular formula is C23H29O4PS. The summed E-state index contributed by atoms with van der Waals surface area (Å²) in [6.45, 7) is 4.51. The van der Waals surface area contributed by atoms with Crippen LogP contribution in [0.25, 0.3) is 0 Å². The van der Waals surface area contributed by atoms with E-state index in [-0.39, 0.29) is 11.3 Å². The summed E-state index contributed by atoms with van der Waals surface area (Å²) in [7, 11) is -6.51. The molecule has 156 valence electrons. The van der Waals surface area contributed by atoms with E-state index in [0.717, 1.165) is 23.3 Å². The first-order valence-corrected chi connectivity index (χ1v) is 13.9. The van der Waals surface area contributed by atoms with Crippen LogP contribution in [-0.4, -0.2) is 26.9 Å². The Bertz CT molecular complexity index is 974. The van der Waals surface area contributed by atoms with Gasteiger partial charge in [0, 0.05) is 16.8 Å². The minimum atomic E-state index is -3.57. The second-order valence-corrected chi connectivity index (χ2v) is 13.7. The minimum Gasteiger partial charge on any atom is -0.314 e. The molecule has 4 atom stereocenters.